The molecule has 0 amide bonds. The molecule has 0 spiro atoms. The Morgan fingerprint density at radius 1 is 1.54 bits per heavy atom. The second-order valence-corrected chi connectivity index (χ2v) is 2.64. The van der Waals surface area contributed by atoms with E-state index in [9.17, 15) is 9.50 Å². The molecule has 0 bridgehead atoms. The van der Waals surface area contributed by atoms with Crippen molar-refractivity contribution in [3.05, 3.63) is 23.5 Å². The lowest BCUT2D eigenvalue weighted by molar-refractivity contribution is 0.399. The molecule has 0 aromatic heterocycles. The zero-order valence-electron chi connectivity index (χ0n) is 7.60. The van der Waals surface area contributed by atoms with E-state index in [1.807, 2.05) is 0 Å². The summed E-state index contributed by atoms with van der Waals surface area (Å²) in [7, 11) is 3.11. The number of halogens is 1. The van der Waals surface area contributed by atoms with Crippen LogP contribution in [0.15, 0.2) is 12.1 Å². The summed E-state index contributed by atoms with van der Waals surface area (Å²) in [5.74, 6) is -0.243. The first-order valence-electron chi connectivity index (χ1n) is 3.89. The summed E-state index contributed by atoms with van der Waals surface area (Å²) in [6, 6.07) is 2.63. The fourth-order valence-electron chi connectivity index (χ4n) is 1.07. The van der Waals surface area contributed by atoms with Gasteiger partial charge in [-0.15, -0.1) is 0 Å². The van der Waals surface area contributed by atoms with Crippen LogP contribution in [0.2, 0.25) is 0 Å². The van der Waals surface area contributed by atoms with E-state index in [-0.39, 0.29) is 11.3 Å². The summed E-state index contributed by atoms with van der Waals surface area (Å²) in [6.07, 6.45) is 0. The number of hydrogen-bond donors (Lipinski definition) is 2. The number of phenols is 1. The van der Waals surface area contributed by atoms with Gasteiger partial charge in [0.25, 0.3) is 0 Å². The molecule has 0 saturated heterocycles. The lowest BCUT2D eigenvalue weighted by Gasteiger charge is -2.07. The highest BCUT2D eigenvalue weighted by Crippen LogP contribution is 2.26. The predicted molar refractivity (Wildman–Crippen MR) is 47.4 cm³/mol. The average molecular weight is 185 g/mol. The maximum Gasteiger partial charge on any atom is 0.135 e. The molecule has 0 unspecified atom stereocenters. The number of aromatic hydroxyl groups is 1. The molecular formula is C9H12FNO2. The fraction of sp³-hybridized carbons (Fsp3) is 0.333. The number of hydrogen-bond acceptors (Lipinski definition) is 3. The van der Waals surface area contributed by atoms with E-state index in [2.05, 4.69) is 5.32 Å². The van der Waals surface area contributed by atoms with Gasteiger partial charge in [-0.3, -0.25) is 0 Å². The monoisotopic (exact) mass is 185 g/mol. The van der Waals surface area contributed by atoms with E-state index in [1.54, 1.807) is 7.05 Å². The quantitative estimate of drug-likeness (QED) is 0.744. The van der Waals surface area contributed by atoms with Gasteiger partial charge in [-0.05, 0) is 7.05 Å². The molecule has 0 aliphatic rings. The second kappa shape index (κ2) is 4.09. The standard InChI is InChI=1S/C9H12FNO2/c1-11-5-7-8(10)3-6(13-2)4-9(7)12/h3-4,11-12H,5H2,1-2H3. The van der Waals surface area contributed by atoms with Crippen molar-refractivity contribution >= 4 is 0 Å². The summed E-state index contributed by atoms with van der Waals surface area (Å²) >= 11 is 0. The molecular weight excluding hydrogens is 173 g/mol. The van der Waals surface area contributed by atoms with Gasteiger partial charge in [0.2, 0.25) is 0 Å². The highest BCUT2D eigenvalue weighted by atomic mass is 19.1. The van der Waals surface area contributed by atoms with Crippen molar-refractivity contribution in [3.8, 4) is 11.5 Å². The highest BCUT2D eigenvalue weighted by molar-refractivity contribution is 5.40. The van der Waals surface area contributed by atoms with Crippen molar-refractivity contribution in [3.63, 3.8) is 0 Å². The van der Waals surface area contributed by atoms with Gasteiger partial charge in [0.05, 0.1) is 7.11 Å². The van der Waals surface area contributed by atoms with Crippen molar-refractivity contribution in [2.24, 2.45) is 0 Å². The van der Waals surface area contributed by atoms with E-state index < -0.39 is 5.82 Å². The third-order valence-electron chi connectivity index (χ3n) is 1.73. The Balaban J connectivity index is 3.07. The maximum atomic E-state index is 13.2. The number of rotatable bonds is 3. The van der Waals surface area contributed by atoms with Gasteiger partial charge >= 0.3 is 0 Å². The van der Waals surface area contributed by atoms with Gasteiger partial charge < -0.3 is 15.2 Å². The van der Waals surface area contributed by atoms with Crippen molar-refractivity contribution in [2.75, 3.05) is 14.2 Å². The topological polar surface area (TPSA) is 41.5 Å². The number of methoxy groups -OCH3 is 1. The largest absolute Gasteiger partial charge is 0.507 e. The zero-order chi connectivity index (χ0) is 9.84. The lowest BCUT2D eigenvalue weighted by atomic mass is 10.2. The van der Waals surface area contributed by atoms with Crippen LogP contribution in [0, 0.1) is 5.82 Å². The molecule has 0 radical (unpaired) electrons. The maximum absolute atomic E-state index is 13.2. The summed E-state index contributed by atoms with van der Waals surface area (Å²) in [5, 5.41) is 12.1. The van der Waals surface area contributed by atoms with Gasteiger partial charge in [-0.2, -0.15) is 0 Å². The molecule has 1 rings (SSSR count). The van der Waals surface area contributed by atoms with Crippen LogP contribution in [-0.4, -0.2) is 19.3 Å². The van der Waals surface area contributed by atoms with Crippen molar-refractivity contribution in [1.82, 2.24) is 5.32 Å². The van der Waals surface area contributed by atoms with E-state index in [4.69, 9.17) is 4.74 Å². The first-order valence-corrected chi connectivity index (χ1v) is 3.89. The first kappa shape index (κ1) is 9.80. The van der Waals surface area contributed by atoms with Crippen LogP contribution in [0.1, 0.15) is 5.56 Å². The minimum Gasteiger partial charge on any atom is -0.507 e. The minimum absolute atomic E-state index is 0.0915. The first-order chi connectivity index (χ1) is 6.19. The third-order valence-corrected chi connectivity index (χ3v) is 1.73. The smallest absolute Gasteiger partial charge is 0.135 e. The van der Waals surface area contributed by atoms with Crippen LogP contribution in [-0.2, 0) is 6.54 Å². The molecule has 1 aromatic rings. The Morgan fingerprint density at radius 3 is 2.69 bits per heavy atom. The van der Waals surface area contributed by atoms with E-state index in [0.717, 1.165) is 0 Å². The summed E-state index contributed by atoms with van der Waals surface area (Å²) < 4.78 is 18.0. The molecule has 0 saturated carbocycles. The lowest BCUT2D eigenvalue weighted by Crippen LogP contribution is -2.07. The minimum atomic E-state index is -0.466. The van der Waals surface area contributed by atoms with Crippen molar-refractivity contribution in [2.45, 2.75) is 6.54 Å². The van der Waals surface area contributed by atoms with Gasteiger partial charge in [0.1, 0.15) is 17.3 Å². The number of ether oxygens (including phenoxy) is 1. The predicted octanol–water partition coefficient (Wildman–Crippen LogP) is 1.26. The molecule has 0 aliphatic heterocycles. The molecule has 0 fully saturated rings. The molecule has 72 valence electrons. The van der Waals surface area contributed by atoms with Crippen LogP contribution in [0.3, 0.4) is 0 Å². The molecule has 0 atom stereocenters. The molecule has 2 N–H and O–H groups in total. The molecule has 0 heterocycles. The average Bonchev–Trinajstić information content (AvgIpc) is 2.11. The third kappa shape index (κ3) is 2.09. The number of nitrogens with one attached hydrogen (secondary N) is 1. The van der Waals surface area contributed by atoms with E-state index in [0.29, 0.717) is 12.3 Å². The van der Waals surface area contributed by atoms with Crippen molar-refractivity contribution in [1.29, 1.82) is 0 Å². The van der Waals surface area contributed by atoms with Gasteiger partial charge in [-0.25, -0.2) is 4.39 Å². The molecule has 4 heteroatoms. The van der Waals surface area contributed by atoms with Crippen LogP contribution in [0.25, 0.3) is 0 Å². The SMILES string of the molecule is CNCc1c(O)cc(OC)cc1F. The Bertz CT molecular complexity index is 279. The van der Waals surface area contributed by atoms with E-state index >= 15 is 0 Å². The van der Waals surface area contributed by atoms with Gasteiger partial charge in [-0.1, -0.05) is 0 Å². The molecule has 13 heavy (non-hydrogen) atoms. The van der Waals surface area contributed by atoms with Crippen LogP contribution < -0.4 is 10.1 Å². The molecule has 1 aromatic carbocycles. The number of benzene rings is 1. The Kier molecular flexibility index (Phi) is 3.08. The zero-order valence-corrected chi connectivity index (χ0v) is 7.60. The summed E-state index contributed by atoms with van der Waals surface area (Å²) in [6.45, 7) is 0.293. The highest BCUT2D eigenvalue weighted by Gasteiger charge is 2.09. The Morgan fingerprint density at radius 2 is 2.23 bits per heavy atom. The fourth-order valence-corrected chi connectivity index (χ4v) is 1.07. The van der Waals surface area contributed by atoms with Crippen LogP contribution in [0.5, 0.6) is 11.5 Å². The van der Waals surface area contributed by atoms with Gasteiger partial charge in [0.15, 0.2) is 0 Å². The summed E-state index contributed by atoms with van der Waals surface area (Å²) in [4.78, 5) is 0. The Labute approximate surface area is 76.1 Å². The van der Waals surface area contributed by atoms with Crippen LogP contribution in [0.4, 0.5) is 4.39 Å². The number of phenolic OH excluding ortho intramolecular Hbond substituents is 1. The normalized spacial score (nSPS) is 10.1. The van der Waals surface area contributed by atoms with Crippen LogP contribution >= 0.6 is 0 Å². The second-order valence-electron chi connectivity index (χ2n) is 2.64. The molecule has 0 aliphatic carbocycles. The molecule has 3 nitrogen and oxygen atoms in total. The summed E-state index contributed by atoms with van der Waals surface area (Å²) in [5.41, 5.74) is 0.253. The van der Waals surface area contributed by atoms with E-state index in [1.165, 1.54) is 19.2 Å². The van der Waals surface area contributed by atoms with Crippen molar-refractivity contribution < 1.29 is 14.2 Å². The van der Waals surface area contributed by atoms with Gasteiger partial charge in [0, 0.05) is 24.2 Å². The Hall–Kier alpha value is -1.29.